The molecule has 0 aliphatic carbocycles. The molecule has 0 fully saturated rings. The summed E-state index contributed by atoms with van der Waals surface area (Å²) in [6.45, 7) is 8.24. The van der Waals surface area contributed by atoms with Crippen molar-refractivity contribution in [2.75, 3.05) is 25.6 Å². The maximum atomic E-state index is 6.09. The number of aryl methyl sites for hydroxylation is 1. The van der Waals surface area contributed by atoms with E-state index in [1.807, 2.05) is 6.92 Å². The van der Waals surface area contributed by atoms with Gasteiger partial charge in [0.25, 0.3) is 0 Å². The summed E-state index contributed by atoms with van der Waals surface area (Å²) in [7, 11) is 1.70. The minimum absolute atomic E-state index is 0.217. The molecule has 0 amide bonds. The highest BCUT2D eigenvalue weighted by Crippen LogP contribution is 2.39. The maximum absolute atomic E-state index is 6.09. The number of nitrogens with zero attached hydrogens (tertiary/aromatic N) is 3. The Balaban J connectivity index is 1.85. The summed E-state index contributed by atoms with van der Waals surface area (Å²) in [5.74, 6) is 0.696. The van der Waals surface area contributed by atoms with Gasteiger partial charge in [-0.1, -0.05) is 0 Å². The van der Waals surface area contributed by atoms with Crippen LogP contribution in [0.2, 0.25) is 0 Å². The Kier molecular flexibility index (Phi) is 4.28. The highest BCUT2D eigenvalue weighted by atomic mass is 16.5. The van der Waals surface area contributed by atoms with Gasteiger partial charge in [0.1, 0.15) is 11.8 Å². The molecule has 3 aromatic rings. The third-order valence-electron chi connectivity index (χ3n) is 4.85. The van der Waals surface area contributed by atoms with Gasteiger partial charge in [0.05, 0.1) is 17.6 Å². The van der Waals surface area contributed by atoms with Gasteiger partial charge in [0.15, 0.2) is 11.4 Å². The normalized spacial score (nSPS) is 16.2. The SMILES string of the molecule is COCCCNc1ncnc2c1oc1nc(C)c3c(c12)CC(C)(C)OC3. The Morgan fingerprint density at radius 3 is 2.92 bits per heavy atom. The number of rotatable bonds is 5. The lowest BCUT2D eigenvalue weighted by atomic mass is 9.89. The molecule has 3 aromatic heterocycles. The Hall–Kier alpha value is -2.25. The standard InChI is InChI=1S/C19H24N4O3/c1-11-13-9-25-19(2,3)8-12(13)14-15-16(26-18(14)23-11)17(22-10-21-15)20-6-5-7-24-4/h10H,5-9H2,1-4H3,(H,20,21,22). The molecule has 4 rings (SSSR count). The van der Waals surface area contributed by atoms with Gasteiger partial charge < -0.3 is 19.2 Å². The molecule has 1 N–H and O–H groups in total. The van der Waals surface area contributed by atoms with Crippen molar-refractivity contribution >= 4 is 28.0 Å². The first-order valence-corrected chi connectivity index (χ1v) is 8.92. The fourth-order valence-electron chi connectivity index (χ4n) is 3.52. The van der Waals surface area contributed by atoms with E-state index in [4.69, 9.17) is 13.9 Å². The molecule has 0 saturated heterocycles. The zero-order valence-electron chi connectivity index (χ0n) is 15.7. The first-order chi connectivity index (χ1) is 12.5. The number of ether oxygens (including phenoxy) is 2. The average Bonchev–Trinajstić information content (AvgIpc) is 2.97. The van der Waals surface area contributed by atoms with E-state index in [1.165, 1.54) is 5.56 Å². The van der Waals surface area contributed by atoms with Gasteiger partial charge in [-0.3, -0.25) is 0 Å². The van der Waals surface area contributed by atoms with Gasteiger partial charge >= 0.3 is 0 Å². The van der Waals surface area contributed by atoms with Crippen molar-refractivity contribution in [3.05, 3.63) is 23.1 Å². The smallest absolute Gasteiger partial charge is 0.229 e. The summed E-state index contributed by atoms with van der Waals surface area (Å²) in [5.41, 5.74) is 5.19. The van der Waals surface area contributed by atoms with E-state index in [-0.39, 0.29) is 5.60 Å². The molecule has 0 atom stereocenters. The van der Waals surface area contributed by atoms with Crippen molar-refractivity contribution in [1.82, 2.24) is 15.0 Å². The molecule has 4 heterocycles. The first-order valence-electron chi connectivity index (χ1n) is 8.92. The first kappa shape index (κ1) is 17.2. The van der Waals surface area contributed by atoms with Gasteiger partial charge in [-0.15, -0.1) is 0 Å². The highest BCUT2D eigenvalue weighted by Gasteiger charge is 2.31. The maximum Gasteiger partial charge on any atom is 0.229 e. The lowest BCUT2D eigenvalue weighted by molar-refractivity contribution is -0.0400. The predicted octanol–water partition coefficient (Wildman–Crippen LogP) is 3.38. The van der Waals surface area contributed by atoms with Crippen molar-refractivity contribution < 1.29 is 13.9 Å². The van der Waals surface area contributed by atoms with Crippen LogP contribution in [0.4, 0.5) is 5.82 Å². The van der Waals surface area contributed by atoms with Crippen molar-refractivity contribution in [2.24, 2.45) is 0 Å². The number of furan rings is 1. The molecule has 0 aromatic carbocycles. The Bertz CT molecular complexity index is 964. The van der Waals surface area contributed by atoms with E-state index in [2.05, 4.69) is 34.1 Å². The number of methoxy groups -OCH3 is 1. The lowest BCUT2D eigenvalue weighted by Crippen LogP contribution is -2.32. The van der Waals surface area contributed by atoms with Crippen molar-refractivity contribution in [2.45, 2.75) is 45.8 Å². The number of hydrogen-bond donors (Lipinski definition) is 1. The van der Waals surface area contributed by atoms with Crippen LogP contribution in [0.3, 0.4) is 0 Å². The minimum atomic E-state index is -0.217. The molecule has 1 aliphatic heterocycles. The summed E-state index contributed by atoms with van der Waals surface area (Å²) < 4.78 is 17.2. The molecular formula is C19H24N4O3. The number of pyridine rings is 1. The summed E-state index contributed by atoms with van der Waals surface area (Å²) in [6, 6.07) is 0. The van der Waals surface area contributed by atoms with Crippen LogP contribution < -0.4 is 5.32 Å². The van der Waals surface area contributed by atoms with Crippen LogP contribution in [0.15, 0.2) is 10.7 Å². The van der Waals surface area contributed by atoms with Crippen LogP contribution >= 0.6 is 0 Å². The van der Waals surface area contributed by atoms with Crippen LogP contribution in [0.25, 0.3) is 22.2 Å². The molecule has 7 heteroatoms. The Morgan fingerprint density at radius 1 is 1.27 bits per heavy atom. The van der Waals surface area contributed by atoms with Gasteiger partial charge in [-0.2, -0.15) is 0 Å². The van der Waals surface area contributed by atoms with Crippen molar-refractivity contribution in [1.29, 1.82) is 0 Å². The zero-order valence-corrected chi connectivity index (χ0v) is 15.7. The van der Waals surface area contributed by atoms with Gasteiger partial charge in [-0.25, -0.2) is 15.0 Å². The quantitative estimate of drug-likeness (QED) is 0.702. The molecule has 0 bridgehead atoms. The van der Waals surface area contributed by atoms with E-state index in [0.717, 1.165) is 41.5 Å². The third-order valence-corrected chi connectivity index (χ3v) is 4.85. The summed E-state index contributed by atoms with van der Waals surface area (Å²) in [6.07, 6.45) is 3.27. The molecule has 26 heavy (non-hydrogen) atoms. The van der Waals surface area contributed by atoms with Crippen LogP contribution in [-0.2, 0) is 22.5 Å². The Morgan fingerprint density at radius 2 is 2.12 bits per heavy atom. The second-order valence-electron chi connectivity index (χ2n) is 7.33. The Labute approximate surface area is 152 Å². The van der Waals surface area contributed by atoms with E-state index in [1.54, 1.807) is 13.4 Å². The molecular weight excluding hydrogens is 332 g/mol. The van der Waals surface area contributed by atoms with E-state index >= 15 is 0 Å². The zero-order chi connectivity index (χ0) is 18.3. The molecule has 1 aliphatic rings. The minimum Gasteiger partial charge on any atom is -0.432 e. The van der Waals surface area contributed by atoms with Gasteiger partial charge in [0.2, 0.25) is 5.71 Å². The van der Waals surface area contributed by atoms with Crippen LogP contribution in [0.1, 0.15) is 37.1 Å². The van der Waals surface area contributed by atoms with Crippen molar-refractivity contribution in [3.63, 3.8) is 0 Å². The van der Waals surface area contributed by atoms with Gasteiger partial charge in [0, 0.05) is 37.9 Å². The molecule has 7 nitrogen and oxygen atoms in total. The summed E-state index contributed by atoms with van der Waals surface area (Å²) in [4.78, 5) is 13.5. The largest absolute Gasteiger partial charge is 0.432 e. The fourth-order valence-corrected chi connectivity index (χ4v) is 3.52. The molecule has 0 radical (unpaired) electrons. The fraction of sp³-hybridized carbons (Fsp3) is 0.526. The topological polar surface area (TPSA) is 82.3 Å². The van der Waals surface area contributed by atoms with Crippen LogP contribution in [-0.4, -0.2) is 40.8 Å². The lowest BCUT2D eigenvalue weighted by Gasteiger charge is -2.32. The summed E-state index contributed by atoms with van der Waals surface area (Å²) >= 11 is 0. The van der Waals surface area contributed by atoms with Crippen LogP contribution in [0.5, 0.6) is 0 Å². The number of hydrogen-bond acceptors (Lipinski definition) is 7. The number of nitrogens with one attached hydrogen (secondary N) is 1. The summed E-state index contributed by atoms with van der Waals surface area (Å²) in [5, 5.41) is 4.30. The molecule has 138 valence electrons. The van der Waals surface area contributed by atoms with E-state index in [0.29, 0.717) is 30.3 Å². The van der Waals surface area contributed by atoms with Gasteiger partial charge in [-0.05, 0) is 32.8 Å². The van der Waals surface area contributed by atoms with Crippen molar-refractivity contribution in [3.8, 4) is 0 Å². The molecule has 0 spiro atoms. The number of fused-ring (bicyclic) bond motifs is 5. The number of anilines is 1. The monoisotopic (exact) mass is 356 g/mol. The molecule has 0 unspecified atom stereocenters. The third kappa shape index (κ3) is 2.91. The van der Waals surface area contributed by atoms with Crippen LogP contribution in [0, 0.1) is 6.92 Å². The molecule has 0 saturated carbocycles. The number of aromatic nitrogens is 3. The second kappa shape index (κ2) is 6.48. The highest BCUT2D eigenvalue weighted by molar-refractivity contribution is 6.06. The van der Waals surface area contributed by atoms with E-state index in [9.17, 15) is 0 Å². The van der Waals surface area contributed by atoms with E-state index < -0.39 is 0 Å². The average molecular weight is 356 g/mol. The predicted molar refractivity (Wildman–Crippen MR) is 99.4 cm³/mol. The second-order valence-corrected chi connectivity index (χ2v) is 7.33.